The van der Waals surface area contributed by atoms with Crippen LogP contribution >= 0.6 is 0 Å². The van der Waals surface area contributed by atoms with Crippen molar-refractivity contribution in [2.24, 2.45) is 0 Å². The number of rotatable bonds is 5. The summed E-state index contributed by atoms with van der Waals surface area (Å²) in [6.45, 7) is -0.491. The second-order valence-electron chi connectivity index (χ2n) is 3.26. The number of hydrogen-bond acceptors (Lipinski definition) is 2. The minimum Gasteiger partial charge on any atom is -0.433 e. The van der Waals surface area contributed by atoms with E-state index in [4.69, 9.17) is 0 Å². The summed E-state index contributed by atoms with van der Waals surface area (Å²) in [4.78, 5) is 11.3. The molecule has 2 N–H and O–H groups in total. The fourth-order valence-electron chi connectivity index (χ4n) is 1.17. The predicted octanol–water partition coefficient (Wildman–Crippen LogP) is 2.82. The van der Waals surface area contributed by atoms with Gasteiger partial charge in [-0.25, -0.2) is 4.79 Å². The number of carbonyl (C=O) groups is 1. The van der Waals surface area contributed by atoms with E-state index >= 15 is 0 Å². The summed E-state index contributed by atoms with van der Waals surface area (Å²) in [5.41, 5.74) is 0.210. The molecule has 0 spiro atoms. The molecule has 1 rings (SSSR count). The highest BCUT2D eigenvalue weighted by atomic mass is 19.3. The largest absolute Gasteiger partial charge is 0.433 e. The zero-order valence-electron chi connectivity index (χ0n) is 9.37. The first-order chi connectivity index (χ1) is 8.13. The first-order valence-corrected chi connectivity index (χ1v) is 5.22. The molecule has 2 amide bonds. The lowest BCUT2D eigenvalue weighted by atomic mass is 10.3. The van der Waals surface area contributed by atoms with E-state index in [2.05, 4.69) is 15.4 Å². The molecule has 0 aliphatic carbocycles. The number of urea groups is 1. The molecule has 0 saturated heterocycles. The van der Waals surface area contributed by atoms with Crippen molar-refractivity contribution in [2.45, 2.75) is 20.0 Å². The van der Waals surface area contributed by atoms with Crippen molar-refractivity contribution in [3.63, 3.8) is 0 Å². The summed E-state index contributed by atoms with van der Waals surface area (Å²) in [5, 5.41) is 5.01. The smallest absolute Gasteiger partial charge is 0.387 e. The van der Waals surface area contributed by atoms with Crippen LogP contribution in [-0.4, -0.2) is 19.2 Å². The molecule has 94 valence electrons. The van der Waals surface area contributed by atoms with E-state index in [0.717, 1.165) is 6.42 Å². The van der Waals surface area contributed by atoms with Crippen LogP contribution in [0.2, 0.25) is 0 Å². The van der Waals surface area contributed by atoms with Gasteiger partial charge in [-0.05, 0) is 18.6 Å². The number of alkyl halides is 2. The second kappa shape index (κ2) is 6.67. The molecule has 0 heterocycles. The monoisotopic (exact) mass is 244 g/mol. The van der Waals surface area contributed by atoms with Gasteiger partial charge in [0, 0.05) is 6.54 Å². The number of hydrogen-bond donors (Lipinski definition) is 2. The molecule has 0 aliphatic heterocycles. The molecule has 0 aliphatic rings. The van der Waals surface area contributed by atoms with Crippen LogP contribution in [0.5, 0.6) is 5.75 Å². The van der Waals surface area contributed by atoms with E-state index in [1.54, 1.807) is 12.1 Å². The fourth-order valence-corrected chi connectivity index (χ4v) is 1.17. The van der Waals surface area contributed by atoms with Crippen molar-refractivity contribution in [3.05, 3.63) is 24.3 Å². The Bertz CT molecular complexity index is 372. The Balaban J connectivity index is 2.66. The maximum atomic E-state index is 12.1. The highest BCUT2D eigenvalue weighted by molar-refractivity contribution is 5.90. The van der Waals surface area contributed by atoms with E-state index in [-0.39, 0.29) is 11.4 Å². The average molecular weight is 244 g/mol. The van der Waals surface area contributed by atoms with E-state index < -0.39 is 12.6 Å². The highest BCUT2D eigenvalue weighted by Crippen LogP contribution is 2.25. The lowest BCUT2D eigenvalue weighted by molar-refractivity contribution is -0.0493. The van der Waals surface area contributed by atoms with Crippen LogP contribution in [0.3, 0.4) is 0 Å². The van der Waals surface area contributed by atoms with Gasteiger partial charge in [-0.2, -0.15) is 8.78 Å². The Hall–Kier alpha value is -1.85. The third-order valence-corrected chi connectivity index (χ3v) is 1.89. The summed E-state index contributed by atoms with van der Waals surface area (Å²) in [6.07, 6.45) is 0.794. The van der Waals surface area contributed by atoms with E-state index in [1.807, 2.05) is 6.92 Å². The van der Waals surface area contributed by atoms with Gasteiger partial charge in [0.2, 0.25) is 0 Å². The van der Waals surface area contributed by atoms with Crippen LogP contribution in [-0.2, 0) is 0 Å². The zero-order chi connectivity index (χ0) is 12.7. The van der Waals surface area contributed by atoms with Crippen molar-refractivity contribution in [2.75, 3.05) is 11.9 Å². The number of benzene rings is 1. The minimum atomic E-state index is -2.92. The van der Waals surface area contributed by atoms with Crippen LogP contribution in [0.1, 0.15) is 13.3 Å². The Kier molecular flexibility index (Phi) is 5.19. The molecule has 0 radical (unpaired) electrons. The van der Waals surface area contributed by atoms with Crippen molar-refractivity contribution >= 4 is 11.7 Å². The standard InChI is InChI=1S/C11H14F2N2O2/c1-2-7-14-11(16)15-8-5-3-4-6-9(8)17-10(12)13/h3-6,10H,2,7H2,1H3,(H2,14,15,16). The van der Waals surface area contributed by atoms with Crippen LogP contribution < -0.4 is 15.4 Å². The van der Waals surface area contributed by atoms with Crippen LogP contribution in [0.4, 0.5) is 19.3 Å². The van der Waals surface area contributed by atoms with E-state index in [0.29, 0.717) is 6.54 Å². The van der Waals surface area contributed by atoms with Gasteiger partial charge < -0.3 is 15.4 Å². The van der Waals surface area contributed by atoms with Crippen molar-refractivity contribution < 1.29 is 18.3 Å². The molecule has 1 aromatic carbocycles. The summed E-state index contributed by atoms with van der Waals surface area (Å²) >= 11 is 0. The molecular weight excluding hydrogens is 230 g/mol. The fraction of sp³-hybridized carbons (Fsp3) is 0.364. The van der Waals surface area contributed by atoms with Gasteiger partial charge in [0.15, 0.2) is 0 Å². The van der Waals surface area contributed by atoms with Gasteiger partial charge in [0.25, 0.3) is 0 Å². The molecule has 0 aromatic heterocycles. The first-order valence-electron chi connectivity index (χ1n) is 5.22. The topological polar surface area (TPSA) is 50.4 Å². The third kappa shape index (κ3) is 4.67. The lowest BCUT2D eigenvalue weighted by Gasteiger charge is -2.11. The number of anilines is 1. The van der Waals surface area contributed by atoms with Gasteiger partial charge in [-0.1, -0.05) is 19.1 Å². The summed E-state index contributed by atoms with van der Waals surface area (Å²) in [5.74, 6) is -0.0610. The van der Waals surface area contributed by atoms with Gasteiger partial charge in [-0.3, -0.25) is 0 Å². The molecule has 0 atom stereocenters. The predicted molar refractivity (Wildman–Crippen MR) is 60.4 cm³/mol. The summed E-state index contributed by atoms with van der Waals surface area (Å²) in [6, 6.07) is 5.57. The Morgan fingerprint density at radius 2 is 2.12 bits per heavy atom. The van der Waals surface area contributed by atoms with Crippen LogP contribution in [0.15, 0.2) is 24.3 Å². The number of carbonyl (C=O) groups excluding carboxylic acids is 1. The Morgan fingerprint density at radius 3 is 2.76 bits per heavy atom. The average Bonchev–Trinajstić information content (AvgIpc) is 2.28. The molecule has 0 fully saturated rings. The number of halogens is 2. The normalized spacial score (nSPS) is 10.1. The Labute approximate surface area is 98.0 Å². The third-order valence-electron chi connectivity index (χ3n) is 1.89. The molecular formula is C11H14F2N2O2. The van der Waals surface area contributed by atoms with Crippen molar-refractivity contribution in [3.8, 4) is 5.75 Å². The Morgan fingerprint density at radius 1 is 1.41 bits per heavy atom. The second-order valence-corrected chi connectivity index (χ2v) is 3.26. The molecule has 1 aromatic rings. The van der Waals surface area contributed by atoms with Gasteiger partial charge in [-0.15, -0.1) is 0 Å². The maximum Gasteiger partial charge on any atom is 0.387 e. The minimum absolute atomic E-state index is 0.0610. The molecule has 0 bridgehead atoms. The van der Waals surface area contributed by atoms with Crippen molar-refractivity contribution in [1.82, 2.24) is 5.32 Å². The van der Waals surface area contributed by atoms with Gasteiger partial charge in [0.05, 0.1) is 5.69 Å². The maximum absolute atomic E-state index is 12.1. The number of ether oxygens (including phenoxy) is 1. The summed E-state index contributed by atoms with van der Waals surface area (Å²) < 4.78 is 28.5. The van der Waals surface area contributed by atoms with E-state index in [9.17, 15) is 13.6 Å². The van der Waals surface area contributed by atoms with E-state index in [1.165, 1.54) is 12.1 Å². The SMILES string of the molecule is CCCNC(=O)Nc1ccccc1OC(F)F. The molecule has 0 unspecified atom stereocenters. The molecule has 17 heavy (non-hydrogen) atoms. The van der Waals surface area contributed by atoms with Gasteiger partial charge >= 0.3 is 12.6 Å². The van der Waals surface area contributed by atoms with Crippen molar-refractivity contribution in [1.29, 1.82) is 0 Å². The first kappa shape index (κ1) is 13.2. The lowest BCUT2D eigenvalue weighted by Crippen LogP contribution is -2.29. The summed E-state index contributed by atoms with van der Waals surface area (Å²) in [7, 11) is 0. The number of nitrogens with one attached hydrogen (secondary N) is 2. The quantitative estimate of drug-likeness (QED) is 0.836. The highest BCUT2D eigenvalue weighted by Gasteiger charge is 2.10. The molecule has 0 saturated carbocycles. The molecule has 6 heteroatoms. The number of amides is 2. The van der Waals surface area contributed by atoms with Crippen LogP contribution in [0, 0.1) is 0 Å². The van der Waals surface area contributed by atoms with Crippen LogP contribution in [0.25, 0.3) is 0 Å². The van der Waals surface area contributed by atoms with Gasteiger partial charge in [0.1, 0.15) is 5.75 Å². The number of para-hydroxylation sites is 2. The molecule has 4 nitrogen and oxygen atoms in total. The zero-order valence-corrected chi connectivity index (χ0v) is 9.37.